The van der Waals surface area contributed by atoms with Gasteiger partial charge in [0.25, 0.3) is 0 Å². The normalized spacial score (nSPS) is 16.9. The summed E-state index contributed by atoms with van der Waals surface area (Å²) in [6.45, 7) is 0.170. The van der Waals surface area contributed by atoms with Crippen LogP contribution in [0.4, 0.5) is 0 Å². The smallest absolute Gasteiger partial charge is 0.214 e. The Hall–Kier alpha value is -1.37. The highest BCUT2D eigenvalue weighted by Crippen LogP contribution is 1.84. The highest BCUT2D eigenvalue weighted by Gasteiger charge is 2.14. The molecule has 0 saturated carbocycles. The minimum Gasteiger partial charge on any atom is -0.301 e. The molecule has 4 nitrogen and oxygen atoms in total. The van der Waals surface area contributed by atoms with Crippen molar-refractivity contribution in [1.82, 2.24) is 5.43 Å². The molecule has 0 aromatic carbocycles. The first-order valence-electron chi connectivity index (χ1n) is 2.08. The number of carbonyl (C=O) groups is 1. The predicted molar refractivity (Wildman–Crippen MR) is 26.1 cm³/mol. The molecule has 0 spiro atoms. The van der Waals surface area contributed by atoms with E-state index in [1.54, 1.807) is 6.07 Å². The zero-order chi connectivity index (χ0) is 5.98. The number of rotatable bonds is 0. The lowest BCUT2D eigenvalue weighted by Crippen LogP contribution is -2.12. The Labute approximate surface area is 45.8 Å². The molecule has 40 valence electrons. The summed E-state index contributed by atoms with van der Waals surface area (Å²) in [6, 6.07) is 1.65. The van der Waals surface area contributed by atoms with E-state index in [2.05, 4.69) is 10.5 Å². The van der Waals surface area contributed by atoms with Crippen LogP contribution in [0, 0.1) is 11.3 Å². The van der Waals surface area contributed by atoms with Gasteiger partial charge in [-0.1, -0.05) is 0 Å². The number of Topliss-reactive ketones (excluding diaryl/α,β-unsaturated/α-hetero) is 1. The third-order valence-corrected chi connectivity index (χ3v) is 0.800. The van der Waals surface area contributed by atoms with Crippen LogP contribution in [0.25, 0.3) is 0 Å². The molecule has 1 aliphatic rings. The number of nitrogens with zero attached hydrogens (tertiary/aromatic N) is 2. The van der Waals surface area contributed by atoms with Crippen LogP contribution in [0.3, 0.4) is 0 Å². The Bertz CT molecular complexity index is 188. The van der Waals surface area contributed by atoms with Crippen molar-refractivity contribution in [3.8, 4) is 6.07 Å². The summed E-state index contributed by atoms with van der Waals surface area (Å²) >= 11 is 0. The Morgan fingerprint density at radius 1 is 1.88 bits per heavy atom. The molecule has 0 saturated heterocycles. The monoisotopic (exact) mass is 109 g/mol. The number of carbonyl (C=O) groups excluding carboxylic acids is 1. The lowest BCUT2D eigenvalue weighted by Gasteiger charge is -1.75. The highest BCUT2D eigenvalue weighted by atomic mass is 16.1. The van der Waals surface area contributed by atoms with Crippen LogP contribution >= 0.6 is 0 Å². The van der Waals surface area contributed by atoms with Crippen LogP contribution in [0.5, 0.6) is 0 Å². The van der Waals surface area contributed by atoms with Gasteiger partial charge in [0.2, 0.25) is 11.5 Å². The molecule has 1 N–H and O–H groups in total. The van der Waals surface area contributed by atoms with E-state index in [4.69, 9.17) is 5.26 Å². The quantitative estimate of drug-likeness (QED) is 0.435. The summed E-state index contributed by atoms with van der Waals surface area (Å²) in [5.41, 5.74) is 2.37. The fraction of sp³-hybridized carbons (Fsp3) is 0.250. The van der Waals surface area contributed by atoms with Crippen molar-refractivity contribution in [2.75, 3.05) is 6.54 Å². The van der Waals surface area contributed by atoms with Crippen LogP contribution in [0.2, 0.25) is 0 Å². The van der Waals surface area contributed by atoms with Gasteiger partial charge in [0, 0.05) is 0 Å². The highest BCUT2D eigenvalue weighted by molar-refractivity contribution is 6.47. The topological polar surface area (TPSA) is 65.2 Å². The van der Waals surface area contributed by atoms with E-state index in [-0.39, 0.29) is 18.0 Å². The van der Waals surface area contributed by atoms with Gasteiger partial charge in [-0.05, 0) is 0 Å². The van der Waals surface area contributed by atoms with E-state index in [9.17, 15) is 4.79 Å². The van der Waals surface area contributed by atoms with E-state index in [0.29, 0.717) is 0 Å². The summed E-state index contributed by atoms with van der Waals surface area (Å²) in [6.07, 6.45) is 0. The van der Waals surface area contributed by atoms with Crippen LogP contribution in [0.1, 0.15) is 0 Å². The zero-order valence-corrected chi connectivity index (χ0v) is 4.01. The predicted octanol–water partition coefficient (Wildman–Crippen LogP) is -0.962. The first-order chi connectivity index (χ1) is 3.84. The van der Waals surface area contributed by atoms with Gasteiger partial charge in [0.05, 0.1) is 6.54 Å². The van der Waals surface area contributed by atoms with Gasteiger partial charge >= 0.3 is 0 Å². The Kier molecular flexibility index (Phi) is 0.968. The Balaban J connectivity index is 2.81. The lowest BCUT2D eigenvalue weighted by molar-refractivity contribution is -0.111. The van der Waals surface area contributed by atoms with Crippen LogP contribution in [-0.4, -0.2) is 18.0 Å². The molecular formula is C4H3N3O. The Morgan fingerprint density at radius 2 is 2.62 bits per heavy atom. The summed E-state index contributed by atoms with van der Waals surface area (Å²) in [5, 5.41) is 11.5. The van der Waals surface area contributed by atoms with Gasteiger partial charge in [-0.3, -0.25) is 4.79 Å². The summed E-state index contributed by atoms with van der Waals surface area (Å²) in [7, 11) is 0. The van der Waals surface area contributed by atoms with Crippen molar-refractivity contribution in [3.05, 3.63) is 0 Å². The van der Waals surface area contributed by atoms with Crippen molar-refractivity contribution < 1.29 is 4.79 Å². The first kappa shape index (κ1) is 4.78. The SMILES string of the molecule is N#CC1=NNCC1=O. The maximum Gasteiger partial charge on any atom is 0.214 e. The van der Waals surface area contributed by atoms with Gasteiger partial charge in [-0.2, -0.15) is 10.4 Å². The summed E-state index contributed by atoms with van der Waals surface area (Å²) in [4.78, 5) is 10.4. The molecule has 0 fully saturated rings. The Morgan fingerprint density at radius 3 is 2.88 bits per heavy atom. The third-order valence-electron chi connectivity index (χ3n) is 0.800. The lowest BCUT2D eigenvalue weighted by atomic mass is 10.3. The molecule has 0 amide bonds. The molecule has 1 heterocycles. The average molecular weight is 109 g/mol. The molecule has 0 aromatic heterocycles. The molecule has 0 bridgehead atoms. The van der Waals surface area contributed by atoms with E-state index >= 15 is 0 Å². The number of hydrogen-bond acceptors (Lipinski definition) is 4. The second kappa shape index (κ2) is 1.62. The third kappa shape index (κ3) is 0.540. The molecule has 0 atom stereocenters. The van der Waals surface area contributed by atoms with E-state index in [1.807, 2.05) is 0 Å². The van der Waals surface area contributed by atoms with Gasteiger partial charge < -0.3 is 5.43 Å². The van der Waals surface area contributed by atoms with E-state index < -0.39 is 0 Å². The van der Waals surface area contributed by atoms with Gasteiger partial charge in [0.1, 0.15) is 6.07 Å². The molecule has 1 rings (SSSR count). The number of hydrazone groups is 1. The first-order valence-corrected chi connectivity index (χ1v) is 2.08. The van der Waals surface area contributed by atoms with Crippen molar-refractivity contribution in [1.29, 1.82) is 5.26 Å². The number of nitriles is 1. The standard InChI is InChI=1S/C4H3N3O/c5-1-3-4(8)2-6-7-3/h6H,2H2. The van der Waals surface area contributed by atoms with Crippen molar-refractivity contribution >= 4 is 11.5 Å². The maximum absolute atomic E-state index is 10.4. The van der Waals surface area contributed by atoms with E-state index in [1.165, 1.54) is 0 Å². The maximum atomic E-state index is 10.4. The fourth-order valence-corrected chi connectivity index (χ4v) is 0.424. The summed E-state index contributed by atoms with van der Waals surface area (Å²) < 4.78 is 0. The number of ketones is 1. The number of nitrogens with one attached hydrogen (secondary N) is 1. The van der Waals surface area contributed by atoms with Crippen LogP contribution < -0.4 is 5.43 Å². The van der Waals surface area contributed by atoms with E-state index in [0.717, 1.165) is 0 Å². The summed E-state index contributed by atoms with van der Waals surface area (Å²) in [5.74, 6) is -0.229. The molecule has 0 radical (unpaired) electrons. The molecule has 0 unspecified atom stereocenters. The second-order valence-electron chi connectivity index (χ2n) is 1.33. The van der Waals surface area contributed by atoms with Gasteiger partial charge in [-0.15, -0.1) is 0 Å². The molecule has 8 heavy (non-hydrogen) atoms. The largest absolute Gasteiger partial charge is 0.301 e. The van der Waals surface area contributed by atoms with Gasteiger partial charge in [0.15, 0.2) is 0 Å². The minimum absolute atomic E-state index is 0.0231. The number of hydrogen-bond donors (Lipinski definition) is 1. The second-order valence-corrected chi connectivity index (χ2v) is 1.33. The fourth-order valence-electron chi connectivity index (χ4n) is 0.424. The van der Waals surface area contributed by atoms with Crippen molar-refractivity contribution in [3.63, 3.8) is 0 Å². The molecule has 0 aliphatic carbocycles. The average Bonchev–Trinajstić information content (AvgIpc) is 2.14. The molecule has 0 aromatic rings. The molecule has 1 aliphatic heterocycles. The van der Waals surface area contributed by atoms with Crippen LogP contribution in [-0.2, 0) is 4.79 Å². The zero-order valence-electron chi connectivity index (χ0n) is 4.01. The minimum atomic E-state index is -0.229. The van der Waals surface area contributed by atoms with Crippen molar-refractivity contribution in [2.24, 2.45) is 5.10 Å². The molecular weight excluding hydrogens is 106 g/mol. The van der Waals surface area contributed by atoms with Crippen LogP contribution in [0.15, 0.2) is 5.10 Å². The van der Waals surface area contributed by atoms with Crippen molar-refractivity contribution in [2.45, 2.75) is 0 Å². The van der Waals surface area contributed by atoms with Gasteiger partial charge in [-0.25, -0.2) is 0 Å². The molecule has 4 heteroatoms.